The van der Waals surface area contributed by atoms with Gasteiger partial charge < -0.3 is 4.74 Å². The molecule has 1 atom stereocenters. The second kappa shape index (κ2) is 9.32. The lowest BCUT2D eigenvalue weighted by atomic mass is 9.92. The molecule has 3 nitrogen and oxygen atoms in total. The van der Waals surface area contributed by atoms with E-state index in [4.69, 9.17) is 4.74 Å². The van der Waals surface area contributed by atoms with Crippen LogP contribution in [0, 0.1) is 12.8 Å². The Bertz CT molecular complexity index is 448. The number of esters is 1. The molecule has 1 aromatic carbocycles. The molecule has 0 aromatic heterocycles. The van der Waals surface area contributed by atoms with Crippen molar-refractivity contribution in [2.24, 2.45) is 5.92 Å². The number of rotatable bonds is 9. The average molecular weight is 290 g/mol. The van der Waals surface area contributed by atoms with Gasteiger partial charge in [-0.3, -0.25) is 9.59 Å². The van der Waals surface area contributed by atoms with Crippen LogP contribution in [0.4, 0.5) is 0 Å². The highest BCUT2D eigenvalue weighted by atomic mass is 16.5. The molecule has 0 bridgehead atoms. The average Bonchev–Trinajstić information content (AvgIpc) is 2.47. The normalized spacial score (nSPS) is 12.0. The summed E-state index contributed by atoms with van der Waals surface area (Å²) in [6, 6.07) is 7.37. The molecule has 0 saturated carbocycles. The van der Waals surface area contributed by atoms with Gasteiger partial charge in [0.05, 0.1) is 6.61 Å². The molecule has 0 aliphatic heterocycles. The fourth-order valence-corrected chi connectivity index (χ4v) is 2.29. The quantitative estimate of drug-likeness (QED) is 0.294. The molecule has 0 heterocycles. The maximum absolute atomic E-state index is 12.5. The van der Waals surface area contributed by atoms with Gasteiger partial charge in [-0.2, -0.15) is 0 Å². The Hall–Kier alpha value is -1.64. The maximum atomic E-state index is 12.5. The van der Waals surface area contributed by atoms with Crippen molar-refractivity contribution in [1.29, 1.82) is 0 Å². The van der Waals surface area contributed by atoms with Crippen LogP contribution < -0.4 is 0 Å². The summed E-state index contributed by atoms with van der Waals surface area (Å²) in [6.45, 7) is 6.19. The summed E-state index contributed by atoms with van der Waals surface area (Å²) in [7, 11) is 0. The van der Waals surface area contributed by atoms with Gasteiger partial charge in [0.15, 0.2) is 5.78 Å². The highest BCUT2D eigenvalue weighted by molar-refractivity contribution is 6.08. The van der Waals surface area contributed by atoms with Gasteiger partial charge in [-0.25, -0.2) is 0 Å². The van der Waals surface area contributed by atoms with E-state index >= 15 is 0 Å². The highest BCUT2D eigenvalue weighted by Crippen LogP contribution is 2.19. The van der Waals surface area contributed by atoms with E-state index in [1.54, 1.807) is 19.1 Å². The number of unbranched alkanes of at least 4 members (excludes halogenated alkanes) is 3. The standard InChI is InChI=1S/C18H26O3/c1-4-6-7-8-9-16(18(20)21-5-2)17(19)15-12-10-14(3)11-13-15/h10-13,16H,4-9H2,1-3H3. The number of carbonyl (C=O) groups excluding carboxylic acids is 2. The topological polar surface area (TPSA) is 43.4 Å². The molecule has 0 fully saturated rings. The van der Waals surface area contributed by atoms with Crippen molar-refractivity contribution in [1.82, 2.24) is 0 Å². The highest BCUT2D eigenvalue weighted by Gasteiger charge is 2.28. The molecule has 0 saturated heterocycles. The third kappa shape index (κ3) is 5.70. The molecule has 0 aliphatic rings. The first-order valence-corrected chi connectivity index (χ1v) is 7.87. The predicted octanol–water partition coefficient (Wildman–Crippen LogP) is 4.33. The van der Waals surface area contributed by atoms with Gasteiger partial charge in [0.1, 0.15) is 5.92 Å². The Labute approximate surface area is 127 Å². The van der Waals surface area contributed by atoms with Crippen LogP contribution in [-0.2, 0) is 9.53 Å². The van der Waals surface area contributed by atoms with Crippen LogP contribution in [0.25, 0.3) is 0 Å². The number of carbonyl (C=O) groups is 2. The van der Waals surface area contributed by atoms with Gasteiger partial charge in [-0.1, -0.05) is 62.4 Å². The van der Waals surface area contributed by atoms with Crippen molar-refractivity contribution in [2.45, 2.75) is 52.9 Å². The zero-order valence-electron chi connectivity index (χ0n) is 13.4. The number of benzene rings is 1. The third-order valence-corrected chi connectivity index (χ3v) is 3.57. The van der Waals surface area contributed by atoms with Crippen molar-refractivity contribution < 1.29 is 14.3 Å². The number of hydrogen-bond acceptors (Lipinski definition) is 3. The molecule has 21 heavy (non-hydrogen) atoms. The van der Waals surface area contributed by atoms with Crippen LogP contribution in [0.5, 0.6) is 0 Å². The minimum atomic E-state index is -0.662. The minimum Gasteiger partial charge on any atom is -0.465 e. The smallest absolute Gasteiger partial charge is 0.316 e. The van der Waals surface area contributed by atoms with E-state index < -0.39 is 5.92 Å². The Morgan fingerprint density at radius 2 is 1.71 bits per heavy atom. The minimum absolute atomic E-state index is 0.120. The van der Waals surface area contributed by atoms with Gasteiger partial charge in [0.2, 0.25) is 0 Å². The molecule has 0 radical (unpaired) electrons. The van der Waals surface area contributed by atoms with E-state index in [1.807, 2.05) is 19.1 Å². The molecular weight excluding hydrogens is 264 g/mol. The third-order valence-electron chi connectivity index (χ3n) is 3.57. The van der Waals surface area contributed by atoms with Crippen molar-refractivity contribution in [3.8, 4) is 0 Å². The van der Waals surface area contributed by atoms with E-state index in [-0.39, 0.29) is 11.8 Å². The molecule has 0 N–H and O–H groups in total. The van der Waals surface area contributed by atoms with Gasteiger partial charge in [0.25, 0.3) is 0 Å². The number of aryl methyl sites for hydroxylation is 1. The van der Waals surface area contributed by atoms with Crippen molar-refractivity contribution in [3.05, 3.63) is 35.4 Å². The first-order valence-electron chi connectivity index (χ1n) is 7.87. The number of ketones is 1. The first kappa shape index (κ1) is 17.4. The first-order chi connectivity index (χ1) is 10.1. The van der Waals surface area contributed by atoms with Crippen LogP contribution in [0.3, 0.4) is 0 Å². The van der Waals surface area contributed by atoms with E-state index in [9.17, 15) is 9.59 Å². The zero-order valence-corrected chi connectivity index (χ0v) is 13.4. The van der Waals surface area contributed by atoms with Crippen molar-refractivity contribution in [3.63, 3.8) is 0 Å². The molecular formula is C18H26O3. The molecule has 116 valence electrons. The SMILES string of the molecule is CCCCCCC(C(=O)OCC)C(=O)c1ccc(C)cc1. The second-order valence-electron chi connectivity index (χ2n) is 5.38. The van der Waals surface area contributed by atoms with E-state index in [0.29, 0.717) is 18.6 Å². The van der Waals surface area contributed by atoms with E-state index in [0.717, 1.165) is 31.2 Å². The second-order valence-corrected chi connectivity index (χ2v) is 5.38. The number of Topliss-reactive ketones (excluding diaryl/α,β-unsaturated/α-hetero) is 1. The van der Waals surface area contributed by atoms with Crippen LogP contribution in [-0.4, -0.2) is 18.4 Å². The van der Waals surface area contributed by atoms with Crippen LogP contribution in [0.2, 0.25) is 0 Å². The van der Waals surface area contributed by atoms with E-state index in [1.165, 1.54) is 0 Å². The van der Waals surface area contributed by atoms with Gasteiger partial charge >= 0.3 is 5.97 Å². The zero-order chi connectivity index (χ0) is 15.7. The molecule has 0 amide bonds. The van der Waals surface area contributed by atoms with Crippen molar-refractivity contribution in [2.75, 3.05) is 6.61 Å². The largest absolute Gasteiger partial charge is 0.465 e. The Kier molecular flexibility index (Phi) is 7.73. The fourth-order valence-electron chi connectivity index (χ4n) is 2.29. The van der Waals surface area contributed by atoms with Crippen molar-refractivity contribution >= 4 is 11.8 Å². The predicted molar refractivity (Wildman–Crippen MR) is 84.4 cm³/mol. The monoisotopic (exact) mass is 290 g/mol. The Morgan fingerprint density at radius 3 is 2.29 bits per heavy atom. The molecule has 1 unspecified atom stereocenters. The number of hydrogen-bond donors (Lipinski definition) is 0. The molecule has 0 spiro atoms. The summed E-state index contributed by atoms with van der Waals surface area (Å²) < 4.78 is 5.07. The lowest BCUT2D eigenvalue weighted by Gasteiger charge is -2.14. The summed E-state index contributed by atoms with van der Waals surface area (Å²) in [5, 5.41) is 0. The molecule has 0 aliphatic carbocycles. The molecule has 3 heteroatoms. The number of ether oxygens (including phenoxy) is 1. The molecule has 1 aromatic rings. The summed E-state index contributed by atoms with van der Waals surface area (Å²) in [6.07, 6.45) is 4.78. The van der Waals surface area contributed by atoms with Gasteiger partial charge in [-0.15, -0.1) is 0 Å². The molecule has 1 rings (SSSR count). The lowest BCUT2D eigenvalue weighted by Crippen LogP contribution is -2.26. The Morgan fingerprint density at radius 1 is 1.05 bits per heavy atom. The summed E-state index contributed by atoms with van der Waals surface area (Å²) in [5.41, 5.74) is 1.69. The van der Waals surface area contributed by atoms with Crippen LogP contribution in [0.1, 0.15) is 61.9 Å². The Balaban J connectivity index is 2.76. The lowest BCUT2D eigenvalue weighted by molar-refractivity contribution is -0.146. The summed E-state index contributed by atoms with van der Waals surface area (Å²) >= 11 is 0. The van der Waals surface area contributed by atoms with Gasteiger partial charge in [-0.05, 0) is 20.3 Å². The summed E-state index contributed by atoms with van der Waals surface area (Å²) in [4.78, 5) is 24.6. The van der Waals surface area contributed by atoms with Crippen LogP contribution >= 0.6 is 0 Å². The van der Waals surface area contributed by atoms with E-state index in [2.05, 4.69) is 6.92 Å². The van der Waals surface area contributed by atoms with Crippen LogP contribution in [0.15, 0.2) is 24.3 Å². The fraction of sp³-hybridized carbons (Fsp3) is 0.556. The summed E-state index contributed by atoms with van der Waals surface area (Å²) in [5.74, 6) is -1.17. The van der Waals surface area contributed by atoms with Gasteiger partial charge in [0, 0.05) is 5.56 Å². The maximum Gasteiger partial charge on any atom is 0.316 e.